The zero-order valence-electron chi connectivity index (χ0n) is 19.4. The van der Waals surface area contributed by atoms with Gasteiger partial charge in [-0.15, -0.1) is 0 Å². The van der Waals surface area contributed by atoms with Crippen LogP contribution in [-0.2, 0) is 68.4 Å². The number of fused-ring (bicyclic) bond motifs is 1. The highest BCUT2D eigenvalue weighted by Crippen LogP contribution is 2.34. The highest BCUT2D eigenvalue weighted by molar-refractivity contribution is 7.90. The first-order valence-electron chi connectivity index (χ1n) is 9.99. The Kier molecular flexibility index (Phi) is 7.94. The van der Waals surface area contributed by atoms with Gasteiger partial charge in [0.2, 0.25) is 0 Å². The molecular formula is C17H15NO18S5. The molecule has 1 heterocycles. The maximum absolute atomic E-state index is 13.3. The molecular weight excluding hydrogens is 667 g/mol. The van der Waals surface area contributed by atoms with Crippen molar-refractivity contribution in [1.29, 1.82) is 0 Å². The van der Waals surface area contributed by atoms with E-state index in [-0.39, 0.29) is 23.3 Å². The van der Waals surface area contributed by atoms with Crippen molar-refractivity contribution in [3.63, 3.8) is 0 Å². The van der Waals surface area contributed by atoms with Gasteiger partial charge >= 0.3 is 5.97 Å². The Morgan fingerprint density at radius 2 is 1.00 bits per heavy atom. The number of hydrogen-bond acceptors (Lipinski definition) is 12. The SMILES string of the molecule is O=C(O)[C@@H]1Cc2cc(S(=O)(=O)O)c(S(=O)(=O)O)cc2CN1C(=O)c1cc(S(=O)(=O)O)c(S(=O)(=O)O)c(S(=O)(=O)O)c1. The second-order valence-electron chi connectivity index (χ2n) is 8.24. The number of rotatable bonds is 7. The fourth-order valence-electron chi connectivity index (χ4n) is 3.93. The molecule has 6 N–H and O–H groups in total. The van der Waals surface area contributed by atoms with Crippen molar-refractivity contribution < 1.29 is 79.5 Å². The van der Waals surface area contributed by atoms with Crippen molar-refractivity contribution in [2.75, 3.05) is 0 Å². The van der Waals surface area contributed by atoms with Gasteiger partial charge in [-0.25, -0.2) is 4.79 Å². The lowest BCUT2D eigenvalue weighted by molar-refractivity contribution is -0.142. The van der Waals surface area contributed by atoms with Gasteiger partial charge in [0.15, 0.2) is 0 Å². The van der Waals surface area contributed by atoms with Crippen LogP contribution in [0.3, 0.4) is 0 Å². The topological polar surface area (TPSA) is 329 Å². The van der Waals surface area contributed by atoms with E-state index in [0.717, 1.165) is 0 Å². The molecule has 0 fully saturated rings. The first-order valence-corrected chi connectivity index (χ1v) is 17.2. The molecule has 0 saturated heterocycles. The summed E-state index contributed by atoms with van der Waals surface area (Å²) in [5.74, 6) is -3.43. The quantitative estimate of drug-likeness (QED) is 0.182. The van der Waals surface area contributed by atoms with E-state index in [4.69, 9.17) is 0 Å². The van der Waals surface area contributed by atoms with E-state index in [9.17, 15) is 79.5 Å². The lowest BCUT2D eigenvalue weighted by Gasteiger charge is -2.35. The molecule has 1 amide bonds. The number of aliphatic carboxylic acids is 1. The minimum Gasteiger partial charge on any atom is -0.480 e. The third-order valence-corrected chi connectivity index (χ3v) is 10.5. The molecule has 19 nitrogen and oxygen atoms in total. The lowest BCUT2D eigenvalue weighted by Crippen LogP contribution is -2.48. The number of carboxylic acid groups (broad SMARTS) is 1. The normalized spacial score (nSPS) is 16.7. The molecule has 0 unspecified atom stereocenters. The second-order valence-corrected chi connectivity index (χ2v) is 15.2. The zero-order valence-corrected chi connectivity index (χ0v) is 23.5. The predicted molar refractivity (Wildman–Crippen MR) is 127 cm³/mol. The number of benzene rings is 2. The number of carboxylic acids is 1. The smallest absolute Gasteiger partial charge is 0.326 e. The summed E-state index contributed by atoms with van der Waals surface area (Å²) in [6.45, 7) is -0.956. The summed E-state index contributed by atoms with van der Waals surface area (Å²) in [6.07, 6.45) is -0.815. The molecule has 0 spiro atoms. The van der Waals surface area contributed by atoms with Crippen molar-refractivity contribution in [1.82, 2.24) is 4.90 Å². The predicted octanol–water partition coefficient (Wildman–Crippen LogP) is -1.43. The van der Waals surface area contributed by atoms with Gasteiger partial charge in [-0.05, 0) is 35.4 Å². The van der Waals surface area contributed by atoms with E-state index in [1.165, 1.54) is 0 Å². The summed E-state index contributed by atoms with van der Waals surface area (Å²) in [6, 6.07) is -0.936. The van der Waals surface area contributed by atoms with Crippen molar-refractivity contribution >= 4 is 62.5 Å². The largest absolute Gasteiger partial charge is 0.480 e. The first-order chi connectivity index (χ1) is 18.2. The van der Waals surface area contributed by atoms with E-state index in [2.05, 4.69) is 0 Å². The van der Waals surface area contributed by atoms with E-state index in [1.807, 2.05) is 0 Å². The highest BCUT2D eigenvalue weighted by atomic mass is 32.2. The molecule has 2 aromatic carbocycles. The molecule has 0 aromatic heterocycles. The molecule has 41 heavy (non-hydrogen) atoms. The van der Waals surface area contributed by atoms with Crippen molar-refractivity contribution in [2.24, 2.45) is 0 Å². The van der Waals surface area contributed by atoms with Crippen LogP contribution in [0.25, 0.3) is 0 Å². The van der Waals surface area contributed by atoms with Crippen LogP contribution in [0.15, 0.2) is 48.7 Å². The van der Waals surface area contributed by atoms with Crippen LogP contribution >= 0.6 is 0 Å². The van der Waals surface area contributed by atoms with Crippen LogP contribution in [0.2, 0.25) is 0 Å². The van der Waals surface area contributed by atoms with Crippen molar-refractivity contribution in [2.45, 2.75) is 43.5 Å². The van der Waals surface area contributed by atoms with Gasteiger partial charge in [-0.3, -0.25) is 27.6 Å². The van der Waals surface area contributed by atoms with Crippen molar-refractivity contribution in [3.8, 4) is 0 Å². The van der Waals surface area contributed by atoms with Crippen LogP contribution in [-0.4, -0.2) is 92.8 Å². The fraction of sp³-hybridized carbons (Fsp3) is 0.176. The van der Waals surface area contributed by atoms with Crippen LogP contribution in [0.4, 0.5) is 0 Å². The molecule has 1 aliphatic rings. The molecule has 2 aromatic rings. The highest BCUT2D eigenvalue weighted by Gasteiger charge is 2.40. The zero-order chi connectivity index (χ0) is 31.7. The van der Waals surface area contributed by atoms with Gasteiger partial charge < -0.3 is 10.0 Å². The third kappa shape index (κ3) is 6.55. The second kappa shape index (κ2) is 10.0. The molecule has 0 saturated carbocycles. The number of carbonyl (C=O) groups is 2. The number of nitrogens with zero attached hydrogens (tertiary/aromatic N) is 1. The number of amides is 1. The summed E-state index contributed by atoms with van der Waals surface area (Å²) < 4.78 is 165. The minimum absolute atomic E-state index is 0.0366. The van der Waals surface area contributed by atoms with Crippen LogP contribution < -0.4 is 0 Å². The maximum Gasteiger partial charge on any atom is 0.326 e. The Bertz CT molecular complexity index is 2010. The van der Waals surface area contributed by atoms with Gasteiger partial charge in [-0.2, -0.15) is 42.1 Å². The number of carbonyl (C=O) groups excluding carboxylic acids is 1. The molecule has 24 heteroatoms. The van der Waals surface area contributed by atoms with Gasteiger partial charge in [0.05, 0.1) is 0 Å². The summed E-state index contributed by atoms with van der Waals surface area (Å²) in [5, 5.41) is 9.68. The van der Waals surface area contributed by atoms with Gasteiger partial charge in [0.25, 0.3) is 56.5 Å². The van der Waals surface area contributed by atoms with E-state index in [0.29, 0.717) is 17.0 Å². The third-order valence-electron chi connectivity index (χ3n) is 5.58. The average Bonchev–Trinajstić information content (AvgIpc) is 2.78. The van der Waals surface area contributed by atoms with E-state index in [1.54, 1.807) is 0 Å². The Morgan fingerprint density at radius 3 is 1.34 bits per heavy atom. The molecule has 3 rings (SSSR count). The van der Waals surface area contributed by atoms with Gasteiger partial charge in [-0.1, -0.05) is 0 Å². The molecule has 1 atom stereocenters. The van der Waals surface area contributed by atoms with E-state index < -0.39 is 112 Å². The molecule has 0 aliphatic carbocycles. The summed E-state index contributed by atoms with van der Waals surface area (Å²) >= 11 is 0. The Hall–Kier alpha value is -3.07. The lowest BCUT2D eigenvalue weighted by atomic mass is 9.93. The Balaban J connectivity index is 2.34. The first kappa shape index (κ1) is 32.4. The monoisotopic (exact) mass is 681 g/mol. The molecule has 1 aliphatic heterocycles. The fourth-order valence-corrected chi connectivity index (χ4v) is 8.97. The molecule has 0 radical (unpaired) electrons. The van der Waals surface area contributed by atoms with E-state index >= 15 is 0 Å². The maximum atomic E-state index is 13.3. The summed E-state index contributed by atoms with van der Waals surface area (Å²) in [5.41, 5.74) is -1.78. The van der Waals surface area contributed by atoms with Crippen LogP contribution in [0, 0.1) is 0 Å². The molecule has 0 bridgehead atoms. The summed E-state index contributed by atoms with van der Waals surface area (Å²) in [7, 11) is -28.1. The van der Waals surface area contributed by atoms with Crippen LogP contribution in [0.1, 0.15) is 21.5 Å². The average molecular weight is 682 g/mol. The van der Waals surface area contributed by atoms with Gasteiger partial charge in [0.1, 0.15) is 30.5 Å². The van der Waals surface area contributed by atoms with Crippen molar-refractivity contribution in [3.05, 3.63) is 41.0 Å². The minimum atomic E-state index is -5.84. The Labute approximate surface area is 230 Å². The number of hydrogen-bond donors (Lipinski definition) is 6. The van der Waals surface area contributed by atoms with Gasteiger partial charge in [0, 0.05) is 18.5 Å². The van der Waals surface area contributed by atoms with Crippen LogP contribution in [0.5, 0.6) is 0 Å². The summed E-state index contributed by atoms with van der Waals surface area (Å²) in [4.78, 5) is 17.1. The standard InChI is InChI=1S/C17H15NO18S5/c19-16(8-3-13(39(28,29)30)15(41(34,35)36)14(4-8)40(31,32)33)18-6-9-5-12(38(25,26)27)11(37(22,23)24)2-7(9)1-10(18)17(20)21/h2-5,10H,1,6H2,(H,20,21)(H,22,23,24)(H,25,26,27)(H,28,29,30)(H,31,32,33)(H,34,35,36)/t10-/m0/s1. The molecule has 226 valence electrons. The Morgan fingerprint density at radius 1 is 0.610 bits per heavy atom.